The third kappa shape index (κ3) is 2.95. The third-order valence-corrected chi connectivity index (χ3v) is 6.46. The number of carbonyl (C=O) groups is 1. The minimum atomic E-state index is -0.108. The van der Waals surface area contributed by atoms with Crippen LogP contribution in [0.15, 0.2) is 41.3 Å². The van der Waals surface area contributed by atoms with Crippen LogP contribution >= 0.6 is 24.0 Å². The molecule has 0 unspecified atom stereocenters. The number of benzene rings is 2. The van der Waals surface area contributed by atoms with Gasteiger partial charge < -0.3 is 14.4 Å². The lowest BCUT2D eigenvalue weighted by atomic mass is 9.99. The van der Waals surface area contributed by atoms with Crippen molar-refractivity contribution in [1.82, 2.24) is 0 Å². The van der Waals surface area contributed by atoms with E-state index in [0.717, 1.165) is 24.9 Å². The lowest BCUT2D eigenvalue weighted by molar-refractivity contribution is -0.113. The molecule has 0 saturated carbocycles. The molecule has 0 N–H and O–H groups in total. The maximum atomic E-state index is 13.0. The molecule has 142 valence electrons. The molecular formula is C21H18N2O3S2. The highest BCUT2D eigenvalue weighted by atomic mass is 32.2. The van der Waals surface area contributed by atoms with Crippen LogP contribution in [0.1, 0.15) is 17.5 Å². The summed E-state index contributed by atoms with van der Waals surface area (Å²) in [5.74, 6) is 1.21. The van der Waals surface area contributed by atoms with Crippen molar-refractivity contribution in [2.24, 2.45) is 0 Å². The van der Waals surface area contributed by atoms with Gasteiger partial charge in [-0.25, -0.2) is 0 Å². The van der Waals surface area contributed by atoms with Crippen molar-refractivity contribution in [3.8, 4) is 11.5 Å². The number of amides is 1. The average Bonchev–Trinajstić information content (AvgIpc) is 3.25. The molecule has 0 bridgehead atoms. The van der Waals surface area contributed by atoms with E-state index in [1.54, 1.807) is 17.0 Å². The molecule has 0 atom stereocenters. The molecular weight excluding hydrogens is 392 g/mol. The molecule has 3 aliphatic rings. The largest absolute Gasteiger partial charge is 0.454 e. The van der Waals surface area contributed by atoms with Crippen LogP contribution in [-0.2, 0) is 11.2 Å². The van der Waals surface area contributed by atoms with Gasteiger partial charge in [-0.15, -0.1) is 0 Å². The van der Waals surface area contributed by atoms with Gasteiger partial charge in [0.25, 0.3) is 5.91 Å². The minimum Gasteiger partial charge on any atom is -0.454 e. The van der Waals surface area contributed by atoms with Gasteiger partial charge in [0.05, 0.1) is 10.6 Å². The van der Waals surface area contributed by atoms with Crippen molar-refractivity contribution in [3.05, 3.63) is 52.4 Å². The molecule has 0 spiro atoms. The number of thiocarbonyl (C=S) groups is 1. The fraction of sp³-hybridized carbons (Fsp3) is 0.238. The van der Waals surface area contributed by atoms with Gasteiger partial charge in [-0.2, -0.15) is 0 Å². The normalized spacial score (nSPS) is 19.5. The van der Waals surface area contributed by atoms with Crippen LogP contribution in [0, 0.1) is 0 Å². The Kier molecular flexibility index (Phi) is 4.29. The van der Waals surface area contributed by atoms with Crippen LogP contribution in [0.25, 0.3) is 6.08 Å². The van der Waals surface area contributed by atoms with Gasteiger partial charge in [-0.05, 0) is 54.3 Å². The van der Waals surface area contributed by atoms with Crippen LogP contribution in [0.3, 0.4) is 0 Å². The van der Waals surface area contributed by atoms with E-state index in [2.05, 4.69) is 30.1 Å². The van der Waals surface area contributed by atoms with Gasteiger partial charge in [-0.3, -0.25) is 9.69 Å². The van der Waals surface area contributed by atoms with E-state index >= 15 is 0 Å². The number of rotatable bonds is 2. The summed E-state index contributed by atoms with van der Waals surface area (Å²) >= 11 is 6.81. The average molecular weight is 411 g/mol. The fourth-order valence-electron chi connectivity index (χ4n) is 3.76. The van der Waals surface area contributed by atoms with Crippen LogP contribution in [0.2, 0.25) is 0 Å². The molecule has 1 saturated heterocycles. The topological polar surface area (TPSA) is 42.0 Å². The van der Waals surface area contributed by atoms with Crippen molar-refractivity contribution < 1.29 is 14.3 Å². The molecule has 0 radical (unpaired) electrons. The predicted molar refractivity (Wildman–Crippen MR) is 116 cm³/mol. The first kappa shape index (κ1) is 17.6. The maximum absolute atomic E-state index is 13.0. The molecule has 1 fully saturated rings. The quantitative estimate of drug-likeness (QED) is 0.546. The Balaban J connectivity index is 1.44. The molecule has 1 amide bonds. The van der Waals surface area contributed by atoms with Crippen molar-refractivity contribution in [2.45, 2.75) is 12.8 Å². The van der Waals surface area contributed by atoms with Gasteiger partial charge >= 0.3 is 0 Å². The highest BCUT2D eigenvalue weighted by Crippen LogP contribution is 2.41. The number of thioether (sulfide) groups is 1. The summed E-state index contributed by atoms with van der Waals surface area (Å²) in [5, 5.41) is 0. The zero-order chi connectivity index (χ0) is 19.3. The molecule has 5 nitrogen and oxygen atoms in total. The molecule has 2 aromatic rings. The second kappa shape index (κ2) is 6.83. The van der Waals surface area contributed by atoms with Crippen molar-refractivity contribution >= 4 is 51.7 Å². The number of aryl methyl sites for hydroxylation is 1. The van der Waals surface area contributed by atoms with E-state index < -0.39 is 0 Å². The Morgan fingerprint density at radius 2 is 2.00 bits per heavy atom. The Hall–Kier alpha value is -2.51. The number of anilines is 2. The second-order valence-corrected chi connectivity index (χ2v) is 8.64. The molecule has 3 heterocycles. The van der Waals surface area contributed by atoms with Gasteiger partial charge in [0.2, 0.25) is 6.79 Å². The second-order valence-electron chi connectivity index (χ2n) is 6.97. The maximum Gasteiger partial charge on any atom is 0.270 e. The first-order valence-electron chi connectivity index (χ1n) is 9.12. The molecule has 0 aromatic heterocycles. The summed E-state index contributed by atoms with van der Waals surface area (Å²) in [6.07, 6.45) is 4.15. The lowest BCUT2D eigenvalue weighted by Gasteiger charge is -2.27. The molecule has 28 heavy (non-hydrogen) atoms. The van der Waals surface area contributed by atoms with Gasteiger partial charge in [0.1, 0.15) is 0 Å². The number of carbonyl (C=O) groups excluding carboxylic acids is 1. The first-order chi connectivity index (χ1) is 13.6. The van der Waals surface area contributed by atoms with E-state index in [4.69, 9.17) is 21.7 Å². The molecule has 7 heteroatoms. The number of nitrogens with zero attached hydrogens (tertiary/aromatic N) is 2. The smallest absolute Gasteiger partial charge is 0.270 e. The Labute approximate surface area is 172 Å². The van der Waals surface area contributed by atoms with Crippen molar-refractivity contribution in [3.63, 3.8) is 0 Å². The molecule has 0 aliphatic carbocycles. The third-order valence-electron chi connectivity index (χ3n) is 5.16. The predicted octanol–water partition coefficient (Wildman–Crippen LogP) is 4.20. The van der Waals surface area contributed by atoms with Gasteiger partial charge in [0.15, 0.2) is 15.8 Å². The fourth-order valence-corrected chi connectivity index (χ4v) is 5.06. The molecule has 2 aromatic carbocycles. The lowest BCUT2D eigenvalue weighted by Crippen LogP contribution is -2.27. The summed E-state index contributed by atoms with van der Waals surface area (Å²) in [7, 11) is 2.12. The van der Waals surface area contributed by atoms with Crippen LogP contribution in [0.4, 0.5) is 11.4 Å². The zero-order valence-electron chi connectivity index (χ0n) is 15.3. The van der Waals surface area contributed by atoms with E-state index in [1.165, 1.54) is 23.0 Å². The standard InChI is InChI=1S/C21H18N2O3S2/c1-22-8-2-3-14-9-13(4-6-16(14)22)10-19-20(24)23(21(27)28-19)15-5-7-17-18(11-15)26-12-25-17/h4-7,9-11H,2-3,8,12H2,1H3/b19-10-. The van der Waals surface area contributed by atoms with Crippen LogP contribution in [0.5, 0.6) is 11.5 Å². The number of hydrogen-bond acceptors (Lipinski definition) is 6. The van der Waals surface area contributed by atoms with Crippen LogP contribution < -0.4 is 19.3 Å². The van der Waals surface area contributed by atoms with E-state index in [1.807, 2.05) is 12.1 Å². The monoisotopic (exact) mass is 410 g/mol. The SMILES string of the molecule is CN1CCCc2cc(/C=C3\SC(=S)N(c4ccc5c(c4)OCO5)C3=O)ccc21. The van der Waals surface area contributed by atoms with E-state index in [9.17, 15) is 4.79 Å². The molecule has 5 rings (SSSR count). The molecule has 3 aliphatic heterocycles. The summed E-state index contributed by atoms with van der Waals surface area (Å²) in [6, 6.07) is 11.8. The zero-order valence-corrected chi connectivity index (χ0v) is 16.9. The number of hydrogen-bond donors (Lipinski definition) is 0. The van der Waals surface area contributed by atoms with E-state index in [-0.39, 0.29) is 12.7 Å². The summed E-state index contributed by atoms with van der Waals surface area (Å²) in [6.45, 7) is 1.28. The van der Waals surface area contributed by atoms with Gasteiger partial charge in [-0.1, -0.05) is 30.0 Å². The summed E-state index contributed by atoms with van der Waals surface area (Å²) in [5.41, 5.74) is 4.33. The first-order valence-corrected chi connectivity index (χ1v) is 10.3. The Morgan fingerprint density at radius 3 is 2.89 bits per heavy atom. The van der Waals surface area contributed by atoms with Crippen molar-refractivity contribution in [1.29, 1.82) is 0 Å². The number of fused-ring (bicyclic) bond motifs is 2. The highest BCUT2D eigenvalue weighted by Gasteiger charge is 2.34. The van der Waals surface area contributed by atoms with Crippen LogP contribution in [-0.4, -0.2) is 30.6 Å². The summed E-state index contributed by atoms with van der Waals surface area (Å²) < 4.78 is 11.3. The summed E-state index contributed by atoms with van der Waals surface area (Å²) in [4.78, 5) is 17.5. The number of ether oxygens (including phenoxy) is 2. The van der Waals surface area contributed by atoms with Gasteiger partial charge in [0, 0.05) is 25.3 Å². The van der Waals surface area contributed by atoms with E-state index in [0.29, 0.717) is 26.4 Å². The van der Waals surface area contributed by atoms with Crippen molar-refractivity contribution in [2.75, 3.05) is 30.2 Å². The Bertz CT molecular complexity index is 1030. The Morgan fingerprint density at radius 1 is 1.14 bits per heavy atom. The minimum absolute atomic E-state index is 0.108. The highest BCUT2D eigenvalue weighted by molar-refractivity contribution is 8.27.